The van der Waals surface area contributed by atoms with Gasteiger partial charge in [0, 0.05) is 23.6 Å². The maximum absolute atomic E-state index is 12.8. The molecule has 2 aromatic rings. The Bertz CT molecular complexity index is 572. The van der Waals surface area contributed by atoms with Gasteiger partial charge in [0.25, 0.3) is 0 Å². The van der Waals surface area contributed by atoms with E-state index in [0.717, 1.165) is 0 Å². The molecular formula is C14H13FN2O2. The number of aromatic nitrogens is 1. The zero-order valence-corrected chi connectivity index (χ0v) is 10.3. The summed E-state index contributed by atoms with van der Waals surface area (Å²) in [5, 5.41) is 12.3. The van der Waals surface area contributed by atoms with E-state index in [2.05, 4.69) is 10.3 Å². The fourth-order valence-electron chi connectivity index (χ4n) is 1.73. The molecule has 0 amide bonds. The summed E-state index contributed by atoms with van der Waals surface area (Å²) in [5.41, 5.74) is -0.284. The number of benzene rings is 1. The molecular weight excluding hydrogens is 247 g/mol. The lowest BCUT2D eigenvalue weighted by atomic mass is 9.93. The molecule has 2 N–H and O–H groups in total. The normalized spacial score (nSPS) is 13.6. The van der Waals surface area contributed by atoms with Crippen molar-refractivity contribution in [3.63, 3.8) is 0 Å². The van der Waals surface area contributed by atoms with E-state index in [1.807, 2.05) is 0 Å². The van der Waals surface area contributed by atoms with E-state index in [9.17, 15) is 14.3 Å². The number of hydrogen-bond acceptors (Lipinski definition) is 3. The van der Waals surface area contributed by atoms with Gasteiger partial charge >= 0.3 is 5.97 Å². The Morgan fingerprint density at radius 3 is 2.53 bits per heavy atom. The van der Waals surface area contributed by atoms with Crippen molar-refractivity contribution in [1.29, 1.82) is 0 Å². The van der Waals surface area contributed by atoms with Gasteiger partial charge in [-0.25, -0.2) is 9.18 Å². The second kappa shape index (κ2) is 5.06. The monoisotopic (exact) mass is 260 g/mol. The number of nitrogens with one attached hydrogen (secondary N) is 1. The predicted octanol–water partition coefficient (Wildman–Crippen LogP) is 2.63. The Labute approximate surface area is 109 Å². The topological polar surface area (TPSA) is 62.2 Å². The molecule has 1 heterocycles. The minimum absolute atomic E-state index is 0.371. The number of carboxylic acids is 1. The van der Waals surface area contributed by atoms with Crippen LogP contribution in [0.5, 0.6) is 0 Å². The number of carboxylic acid groups (broad SMARTS) is 1. The van der Waals surface area contributed by atoms with Crippen LogP contribution in [0, 0.1) is 5.82 Å². The number of aliphatic carboxylic acids is 1. The molecule has 0 saturated carbocycles. The summed E-state index contributed by atoms with van der Waals surface area (Å²) in [7, 11) is 0. The van der Waals surface area contributed by atoms with Crippen molar-refractivity contribution in [3.8, 4) is 0 Å². The number of nitrogens with zero attached hydrogens (tertiary/aromatic N) is 1. The second-order valence-corrected chi connectivity index (χ2v) is 4.30. The highest BCUT2D eigenvalue weighted by Crippen LogP contribution is 2.26. The number of anilines is 1. The second-order valence-electron chi connectivity index (χ2n) is 4.30. The Morgan fingerprint density at radius 2 is 2.00 bits per heavy atom. The molecule has 2 rings (SSSR count). The highest BCUT2D eigenvalue weighted by molar-refractivity contribution is 5.84. The lowest BCUT2D eigenvalue weighted by Gasteiger charge is -2.27. The largest absolute Gasteiger partial charge is 0.479 e. The first-order valence-corrected chi connectivity index (χ1v) is 5.70. The van der Waals surface area contributed by atoms with Crippen molar-refractivity contribution in [2.24, 2.45) is 0 Å². The van der Waals surface area contributed by atoms with Crippen LogP contribution in [0.3, 0.4) is 0 Å². The molecule has 1 aromatic carbocycles. The number of rotatable bonds is 4. The fourth-order valence-corrected chi connectivity index (χ4v) is 1.73. The van der Waals surface area contributed by atoms with Gasteiger partial charge in [-0.15, -0.1) is 0 Å². The zero-order chi connectivity index (χ0) is 13.9. The Kier molecular flexibility index (Phi) is 3.46. The average Bonchev–Trinajstić information content (AvgIpc) is 2.42. The first-order chi connectivity index (χ1) is 9.02. The van der Waals surface area contributed by atoms with Crippen LogP contribution in [0.1, 0.15) is 12.5 Å². The molecule has 0 saturated heterocycles. The molecule has 1 aromatic heterocycles. The van der Waals surface area contributed by atoms with Gasteiger partial charge in [-0.2, -0.15) is 0 Å². The smallest absolute Gasteiger partial charge is 0.333 e. The average molecular weight is 260 g/mol. The standard InChI is InChI=1S/C14H13FN2O2/c1-14(13(18)19,10-3-2-8-16-9-10)17-12-6-4-11(15)5-7-12/h2-9,17H,1H3,(H,18,19). The third-order valence-electron chi connectivity index (χ3n) is 2.91. The molecule has 4 nitrogen and oxygen atoms in total. The van der Waals surface area contributed by atoms with Crippen LogP contribution in [0.2, 0.25) is 0 Å². The van der Waals surface area contributed by atoms with E-state index in [1.54, 1.807) is 18.3 Å². The van der Waals surface area contributed by atoms with Crippen molar-refractivity contribution in [1.82, 2.24) is 4.98 Å². The molecule has 5 heteroatoms. The van der Waals surface area contributed by atoms with Crippen molar-refractivity contribution in [2.75, 3.05) is 5.32 Å². The maximum Gasteiger partial charge on any atom is 0.333 e. The van der Waals surface area contributed by atoms with Crippen LogP contribution >= 0.6 is 0 Å². The van der Waals surface area contributed by atoms with Gasteiger partial charge in [0.2, 0.25) is 0 Å². The summed E-state index contributed by atoms with van der Waals surface area (Å²) in [5.74, 6) is -1.41. The lowest BCUT2D eigenvalue weighted by molar-refractivity contribution is -0.142. The number of hydrogen-bond donors (Lipinski definition) is 2. The zero-order valence-electron chi connectivity index (χ0n) is 10.3. The third-order valence-corrected chi connectivity index (χ3v) is 2.91. The molecule has 0 aliphatic heterocycles. The first-order valence-electron chi connectivity index (χ1n) is 5.70. The van der Waals surface area contributed by atoms with Crippen LogP contribution in [-0.4, -0.2) is 16.1 Å². The molecule has 0 aliphatic carbocycles. The number of halogens is 1. The Balaban J connectivity index is 2.36. The molecule has 19 heavy (non-hydrogen) atoms. The first kappa shape index (κ1) is 13.0. The molecule has 0 fully saturated rings. The summed E-state index contributed by atoms with van der Waals surface area (Å²) in [4.78, 5) is 15.5. The number of carbonyl (C=O) groups is 1. The summed E-state index contributed by atoms with van der Waals surface area (Å²) in [6.07, 6.45) is 3.06. The van der Waals surface area contributed by atoms with Gasteiger partial charge in [-0.05, 0) is 37.3 Å². The van der Waals surface area contributed by atoms with Crippen LogP contribution in [-0.2, 0) is 10.3 Å². The van der Waals surface area contributed by atoms with E-state index in [-0.39, 0.29) is 5.82 Å². The van der Waals surface area contributed by atoms with E-state index in [1.165, 1.54) is 37.4 Å². The molecule has 98 valence electrons. The fraction of sp³-hybridized carbons (Fsp3) is 0.143. The lowest BCUT2D eigenvalue weighted by Crippen LogP contribution is -2.40. The Morgan fingerprint density at radius 1 is 1.32 bits per heavy atom. The predicted molar refractivity (Wildman–Crippen MR) is 69.2 cm³/mol. The Hall–Kier alpha value is -2.43. The summed E-state index contributed by atoms with van der Waals surface area (Å²) < 4.78 is 12.8. The van der Waals surface area contributed by atoms with Crippen molar-refractivity contribution >= 4 is 11.7 Å². The molecule has 0 aliphatic rings. The molecule has 0 radical (unpaired) electrons. The van der Waals surface area contributed by atoms with E-state index < -0.39 is 11.5 Å². The maximum atomic E-state index is 12.8. The summed E-state index contributed by atoms with van der Waals surface area (Å²) in [6, 6.07) is 8.88. The molecule has 0 bridgehead atoms. The highest BCUT2D eigenvalue weighted by atomic mass is 19.1. The quantitative estimate of drug-likeness (QED) is 0.887. The van der Waals surface area contributed by atoms with Crippen LogP contribution < -0.4 is 5.32 Å². The minimum Gasteiger partial charge on any atom is -0.479 e. The third kappa shape index (κ3) is 2.70. The van der Waals surface area contributed by atoms with Crippen LogP contribution in [0.15, 0.2) is 48.8 Å². The molecule has 0 spiro atoms. The molecule has 1 unspecified atom stereocenters. The van der Waals surface area contributed by atoms with Gasteiger partial charge in [-0.3, -0.25) is 4.98 Å². The van der Waals surface area contributed by atoms with Crippen LogP contribution in [0.4, 0.5) is 10.1 Å². The van der Waals surface area contributed by atoms with Crippen LogP contribution in [0.25, 0.3) is 0 Å². The minimum atomic E-state index is -1.33. The van der Waals surface area contributed by atoms with Gasteiger partial charge in [0.1, 0.15) is 5.82 Å². The summed E-state index contributed by atoms with van der Waals surface area (Å²) >= 11 is 0. The summed E-state index contributed by atoms with van der Waals surface area (Å²) in [6.45, 7) is 1.54. The van der Waals surface area contributed by atoms with E-state index in [4.69, 9.17) is 0 Å². The SMILES string of the molecule is CC(Nc1ccc(F)cc1)(C(=O)O)c1cccnc1. The van der Waals surface area contributed by atoms with Gasteiger partial charge in [0.15, 0.2) is 5.54 Å². The highest BCUT2D eigenvalue weighted by Gasteiger charge is 2.35. The van der Waals surface area contributed by atoms with Gasteiger partial charge in [-0.1, -0.05) is 6.07 Å². The number of pyridine rings is 1. The van der Waals surface area contributed by atoms with E-state index in [0.29, 0.717) is 11.3 Å². The van der Waals surface area contributed by atoms with Gasteiger partial charge < -0.3 is 10.4 Å². The van der Waals surface area contributed by atoms with Crippen molar-refractivity contribution < 1.29 is 14.3 Å². The van der Waals surface area contributed by atoms with Gasteiger partial charge in [0.05, 0.1) is 0 Å². The van der Waals surface area contributed by atoms with E-state index >= 15 is 0 Å². The van der Waals surface area contributed by atoms with Crippen molar-refractivity contribution in [2.45, 2.75) is 12.5 Å². The molecule has 1 atom stereocenters. The van der Waals surface area contributed by atoms with Crippen molar-refractivity contribution in [3.05, 3.63) is 60.2 Å².